The van der Waals surface area contributed by atoms with Gasteiger partial charge in [-0.15, -0.1) is 0 Å². The number of carbonyl (C=O) groups excluding carboxylic acids is 1. The number of piperazine rings is 1. The van der Waals surface area contributed by atoms with Gasteiger partial charge in [0.15, 0.2) is 0 Å². The van der Waals surface area contributed by atoms with Gasteiger partial charge in [-0.05, 0) is 37.7 Å². The molecule has 1 amide bonds. The van der Waals surface area contributed by atoms with Crippen molar-refractivity contribution in [1.29, 1.82) is 0 Å². The normalized spacial score (nSPS) is 17.3. The van der Waals surface area contributed by atoms with Gasteiger partial charge in [0.2, 0.25) is 5.91 Å². The van der Waals surface area contributed by atoms with Crippen LogP contribution in [0.5, 0.6) is 5.75 Å². The van der Waals surface area contributed by atoms with Gasteiger partial charge < -0.3 is 14.5 Å². The lowest BCUT2D eigenvalue weighted by atomic mass is 10.1. The lowest BCUT2D eigenvalue weighted by Crippen LogP contribution is -2.55. The third-order valence-electron chi connectivity index (χ3n) is 4.95. The van der Waals surface area contributed by atoms with Crippen LogP contribution in [0.2, 0.25) is 0 Å². The van der Waals surface area contributed by atoms with E-state index in [4.69, 9.17) is 4.74 Å². The van der Waals surface area contributed by atoms with Gasteiger partial charge >= 0.3 is 0 Å². The van der Waals surface area contributed by atoms with E-state index in [2.05, 4.69) is 22.9 Å². The first kappa shape index (κ1) is 19.2. The minimum Gasteiger partial charge on any atom is -0.495 e. The number of ether oxygens (including phenoxy) is 1. The molecule has 1 atom stereocenters. The van der Waals surface area contributed by atoms with Gasteiger partial charge in [0, 0.05) is 44.6 Å². The van der Waals surface area contributed by atoms with Gasteiger partial charge in [0.25, 0.3) is 0 Å². The molecule has 3 rings (SSSR count). The molecule has 2 aromatic rings. The molecule has 6 nitrogen and oxygen atoms in total. The van der Waals surface area contributed by atoms with E-state index in [-0.39, 0.29) is 11.9 Å². The van der Waals surface area contributed by atoms with Crippen LogP contribution in [0, 0.1) is 0 Å². The molecular weight excluding hydrogens is 340 g/mol. The number of hydrogen-bond donors (Lipinski definition) is 0. The Bertz CT molecular complexity index is 753. The molecular formula is C21H28N4O2. The van der Waals surface area contributed by atoms with Crippen LogP contribution < -0.4 is 9.64 Å². The zero-order valence-electron chi connectivity index (χ0n) is 16.3. The molecule has 0 saturated carbocycles. The van der Waals surface area contributed by atoms with Crippen LogP contribution in [-0.4, -0.2) is 67.1 Å². The zero-order chi connectivity index (χ0) is 19.2. The van der Waals surface area contributed by atoms with Gasteiger partial charge in [0.05, 0.1) is 19.3 Å². The number of aromatic nitrogens is 1. The summed E-state index contributed by atoms with van der Waals surface area (Å²) in [5, 5.41) is 0. The molecule has 1 aliphatic heterocycles. The van der Waals surface area contributed by atoms with Crippen molar-refractivity contribution in [2.75, 3.05) is 45.2 Å². The van der Waals surface area contributed by atoms with Crippen molar-refractivity contribution in [2.45, 2.75) is 19.5 Å². The fraction of sp³-hybridized carbons (Fsp3) is 0.429. The zero-order valence-corrected chi connectivity index (χ0v) is 16.3. The van der Waals surface area contributed by atoms with Crippen LogP contribution in [0.25, 0.3) is 0 Å². The third kappa shape index (κ3) is 4.77. The molecule has 144 valence electrons. The van der Waals surface area contributed by atoms with Crippen LogP contribution in [0.3, 0.4) is 0 Å². The summed E-state index contributed by atoms with van der Waals surface area (Å²) in [6.07, 6.45) is 3.60. The molecule has 0 spiro atoms. The lowest BCUT2D eigenvalue weighted by molar-refractivity contribution is -0.134. The van der Waals surface area contributed by atoms with E-state index < -0.39 is 0 Å². The average Bonchev–Trinajstić information content (AvgIpc) is 2.68. The Hall–Kier alpha value is -2.60. The number of amides is 1. The fourth-order valence-electron chi connectivity index (χ4n) is 3.62. The second-order valence-corrected chi connectivity index (χ2v) is 7.09. The number of para-hydroxylation sites is 2. The van der Waals surface area contributed by atoms with Crippen molar-refractivity contribution in [3.63, 3.8) is 0 Å². The molecule has 1 unspecified atom stereocenters. The largest absolute Gasteiger partial charge is 0.495 e. The number of carbonyl (C=O) groups is 1. The van der Waals surface area contributed by atoms with Gasteiger partial charge in [-0.2, -0.15) is 0 Å². The van der Waals surface area contributed by atoms with E-state index in [1.165, 1.54) is 0 Å². The summed E-state index contributed by atoms with van der Waals surface area (Å²) in [6, 6.07) is 12.2. The first-order valence-corrected chi connectivity index (χ1v) is 9.33. The monoisotopic (exact) mass is 368 g/mol. The molecule has 1 fully saturated rings. The summed E-state index contributed by atoms with van der Waals surface area (Å²) in [4.78, 5) is 23.3. The third-order valence-corrected chi connectivity index (χ3v) is 4.95. The maximum atomic E-state index is 12.8. The molecule has 0 bridgehead atoms. The fourth-order valence-corrected chi connectivity index (χ4v) is 3.62. The van der Waals surface area contributed by atoms with Crippen LogP contribution in [0.1, 0.15) is 12.5 Å². The Balaban J connectivity index is 1.56. The highest BCUT2D eigenvalue weighted by Crippen LogP contribution is 2.29. The molecule has 1 saturated heterocycles. The van der Waals surface area contributed by atoms with Crippen molar-refractivity contribution in [2.24, 2.45) is 0 Å². The summed E-state index contributed by atoms with van der Waals surface area (Å²) in [6.45, 7) is 5.57. The maximum Gasteiger partial charge on any atom is 0.237 e. The second-order valence-electron chi connectivity index (χ2n) is 7.09. The number of hydrogen-bond acceptors (Lipinski definition) is 5. The number of benzene rings is 1. The molecule has 0 radical (unpaired) electrons. The van der Waals surface area contributed by atoms with E-state index >= 15 is 0 Å². The van der Waals surface area contributed by atoms with Crippen molar-refractivity contribution in [3.8, 4) is 5.75 Å². The van der Waals surface area contributed by atoms with Gasteiger partial charge in [0.1, 0.15) is 5.75 Å². The van der Waals surface area contributed by atoms with Crippen molar-refractivity contribution in [3.05, 3.63) is 54.4 Å². The van der Waals surface area contributed by atoms with E-state index in [0.717, 1.165) is 43.2 Å². The Morgan fingerprint density at radius 3 is 2.78 bits per heavy atom. The van der Waals surface area contributed by atoms with Gasteiger partial charge in [-0.3, -0.25) is 14.7 Å². The van der Waals surface area contributed by atoms with Crippen molar-refractivity contribution in [1.82, 2.24) is 14.8 Å². The minimum atomic E-state index is 0.156. The number of methoxy groups -OCH3 is 1. The minimum absolute atomic E-state index is 0.156. The number of likely N-dealkylation sites (N-methyl/N-ethyl adjacent to an activating group) is 1. The first-order valence-electron chi connectivity index (χ1n) is 9.33. The molecule has 1 aromatic heterocycles. The molecule has 1 aliphatic rings. The summed E-state index contributed by atoms with van der Waals surface area (Å²) in [7, 11) is 3.67. The standard InChI is InChI=1S/C21H28N4O2/c1-17-14-24(19-8-4-5-9-20(19)27-3)11-12-25(17)21(26)16-23(2)15-18-7-6-10-22-13-18/h4-10,13,17H,11-12,14-16H2,1-3H3. The summed E-state index contributed by atoms with van der Waals surface area (Å²) >= 11 is 0. The SMILES string of the molecule is COc1ccccc1N1CCN(C(=O)CN(C)Cc2cccnc2)C(C)C1. The average molecular weight is 368 g/mol. The molecule has 0 N–H and O–H groups in total. The van der Waals surface area contributed by atoms with Gasteiger partial charge in [-0.1, -0.05) is 18.2 Å². The number of anilines is 1. The number of pyridine rings is 1. The Morgan fingerprint density at radius 1 is 1.26 bits per heavy atom. The highest BCUT2D eigenvalue weighted by molar-refractivity contribution is 5.79. The van der Waals surface area contributed by atoms with Crippen molar-refractivity contribution >= 4 is 11.6 Å². The summed E-state index contributed by atoms with van der Waals surface area (Å²) < 4.78 is 5.48. The van der Waals surface area contributed by atoms with Crippen LogP contribution in [-0.2, 0) is 11.3 Å². The van der Waals surface area contributed by atoms with Crippen LogP contribution in [0.4, 0.5) is 5.69 Å². The van der Waals surface area contributed by atoms with E-state index in [0.29, 0.717) is 6.54 Å². The molecule has 1 aromatic carbocycles. The predicted molar refractivity (Wildman–Crippen MR) is 107 cm³/mol. The van der Waals surface area contributed by atoms with Crippen LogP contribution >= 0.6 is 0 Å². The number of rotatable bonds is 6. The quantitative estimate of drug-likeness (QED) is 0.783. The smallest absolute Gasteiger partial charge is 0.237 e. The Labute approximate surface area is 161 Å². The molecule has 6 heteroatoms. The van der Waals surface area contributed by atoms with Crippen LogP contribution in [0.15, 0.2) is 48.8 Å². The molecule has 0 aliphatic carbocycles. The molecule has 27 heavy (non-hydrogen) atoms. The maximum absolute atomic E-state index is 12.8. The van der Waals surface area contributed by atoms with Crippen molar-refractivity contribution < 1.29 is 9.53 Å². The highest BCUT2D eigenvalue weighted by atomic mass is 16.5. The summed E-state index contributed by atoms with van der Waals surface area (Å²) in [5.41, 5.74) is 2.20. The highest BCUT2D eigenvalue weighted by Gasteiger charge is 2.28. The lowest BCUT2D eigenvalue weighted by Gasteiger charge is -2.41. The van der Waals surface area contributed by atoms with E-state index in [1.54, 1.807) is 13.3 Å². The number of nitrogens with zero attached hydrogens (tertiary/aromatic N) is 4. The summed E-state index contributed by atoms with van der Waals surface area (Å²) in [5.74, 6) is 1.05. The van der Waals surface area contributed by atoms with E-state index in [9.17, 15) is 4.79 Å². The first-order chi connectivity index (χ1) is 13.1. The topological polar surface area (TPSA) is 48.9 Å². The second kappa shape index (κ2) is 8.86. The molecule has 2 heterocycles. The Morgan fingerprint density at radius 2 is 2.07 bits per heavy atom. The van der Waals surface area contributed by atoms with Gasteiger partial charge in [-0.25, -0.2) is 0 Å². The van der Waals surface area contributed by atoms with E-state index in [1.807, 2.05) is 53.4 Å². The Kier molecular flexibility index (Phi) is 6.29. The predicted octanol–water partition coefficient (Wildman–Crippen LogP) is 2.26.